The number of anilines is 1. The third-order valence-corrected chi connectivity index (χ3v) is 3.32. The predicted molar refractivity (Wildman–Crippen MR) is 82.5 cm³/mol. The monoisotopic (exact) mass is 291 g/mol. The van der Waals surface area contributed by atoms with Gasteiger partial charge in [-0.25, -0.2) is 0 Å². The van der Waals surface area contributed by atoms with Gasteiger partial charge in [-0.15, -0.1) is 0 Å². The number of ether oxygens (including phenoxy) is 2. The van der Waals surface area contributed by atoms with Crippen LogP contribution in [0, 0.1) is 0 Å². The molecule has 0 aliphatic heterocycles. The summed E-state index contributed by atoms with van der Waals surface area (Å²) in [4.78, 5) is 0. The minimum atomic E-state index is 0.634. The Bertz CT molecular complexity index is 555. The fraction of sp³-hybridized carbons (Fsp3) is 0.250. The van der Waals surface area contributed by atoms with Gasteiger partial charge in [0.25, 0.3) is 0 Å². The van der Waals surface area contributed by atoms with Crippen molar-refractivity contribution in [3.05, 3.63) is 58.6 Å². The van der Waals surface area contributed by atoms with Gasteiger partial charge in [0, 0.05) is 19.7 Å². The quantitative estimate of drug-likeness (QED) is 0.869. The summed E-state index contributed by atoms with van der Waals surface area (Å²) in [6.07, 6.45) is 0. The van der Waals surface area contributed by atoms with Crippen LogP contribution >= 0.6 is 11.6 Å². The molecule has 106 valence electrons. The van der Waals surface area contributed by atoms with Crippen LogP contribution in [0.25, 0.3) is 0 Å². The first-order chi connectivity index (χ1) is 9.72. The third-order valence-electron chi connectivity index (χ3n) is 2.99. The van der Waals surface area contributed by atoms with E-state index in [9.17, 15) is 0 Å². The molecule has 0 atom stereocenters. The van der Waals surface area contributed by atoms with Crippen LogP contribution in [0.4, 0.5) is 5.69 Å². The zero-order valence-electron chi connectivity index (χ0n) is 11.7. The van der Waals surface area contributed by atoms with Crippen molar-refractivity contribution >= 4 is 17.3 Å². The Hall–Kier alpha value is -1.71. The van der Waals surface area contributed by atoms with Crippen LogP contribution in [0.1, 0.15) is 11.1 Å². The molecule has 4 heteroatoms. The van der Waals surface area contributed by atoms with Gasteiger partial charge in [-0.2, -0.15) is 0 Å². The number of hydrogen-bond donors (Lipinski definition) is 1. The highest BCUT2D eigenvalue weighted by atomic mass is 35.5. The van der Waals surface area contributed by atoms with Crippen LogP contribution in [0.2, 0.25) is 5.02 Å². The van der Waals surface area contributed by atoms with Crippen molar-refractivity contribution < 1.29 is 9.47 Å². The van der Waals surface area contributed by atoms with Gasteiger partial charge >= 0.3 is 0 Å². The van der Waals surface area contributed by atoms with Crippen molar-refractivity contribution in [1.29, 1.82) is 0 Å². The van der Waals surface area contributed by atoms with Crippen LogP contribution in [-0.4, -0.2) is 14.2 Å². The standard InChI is InChI=1S/C16H18ClNO2/c1-19-11-13-5-3-12(4-6-13)10-18-16-9-14(20-2)7-8-15(16)17/h3-9,18H,10-11H2,1-2H3. The lowest BCUT2D eigenvalue weighted by Gasteiger charge is -2.10. The molecule has 2 aromatic rings. The highest BCUT2D eigenvalue weighted by Gasteiger charge is 2.02. The Morgan fingerprint density at radius 2 is 1.70 bits per heavy atom. The number of benzene rings is 2. The molecule has 0 aliphatic rings. The van der Waals surface area contributed by atoms with Gasteiger partial charge in [0.2, 0.25) is 0 Å². The van der Waals surface area contributed by atoms with Crippen molar-refractivity contribution in [3.8, 4) is 5.75 Å². The average molecular weight is 292 g/mol. The van der Waals surface area contributed by atoms with E-state index in [0.717, 1.165) is 17.0 Å². The Balaban J connectivity index is 2.01. The van der Waals surface area contributed by atoms with Crippen LogP contribution in [-0.2, 0) is 17.9 Å². The lowest BCUT2D eigenvalue weighted by atomic mass is 10.1. The molecule has 0 spiro atoms. The Kier molecular flexibility index (Phi) is 5.27. The molecule has 2 rings (SSSR count). The number of hydrogen-bond acceptors (Lipinski definition) is 3. The zero-order chi connectivity index (χ0) is 14.4. The van der Waals surface area contributed by atoms with E-state index in [0.29, 0.717) is 18.2 Å². The zero-order valence-corrected chi connectivity index (χ0v) is 12.4. The molecule has 2 aromatic carbocycles. The molecule has 0 amide bonds. The molecule has 0 aliphatic carbocycles. The Morgan fingerprint density at radius 1 is 1.00 bits per heavy atom. The summed E-state index contributed by atoms with van der Waals surface area (Å²) in [6, 6.07) is 13.8. The van der Waals surface area contributed by atoms with Gasteiger partial charge in [0.15, 0.2) is 0 Å². The summed E-state index contributed by atoms with van der Waals surface area (Å²) >= 11 is 6.15. The normalized spacial score (nSPS) is 10.3. The first-order valence-corrected chi connectivity index (χ1v) is 6.75. The number of halogens is 1. The summed E-state index contributed by atoms with van der Waals surface area (Å²) < 4.78 is 10.3. The second-order valence-electron chi connectivity index (χ2n) is 4.45. The lowest BCUT2D eigenvalue weighted by Crippen LogP contribution is -2.00. The minimum Gasteiger partial charge on any atom is -0.497 e. The third kappa shape index (κ3) is 3.89. The molecule has 0 radical (unpaired) electrons. The van der Waals surface area contributed by atoms with Crippen LogP contribution in [0.15, 0.2) is 42.5 Å². The van der Waals surface area contributed by atoms with E-state index in [1.54, 1.807) is 14.2 Å². The summed E-state index contributed by atoms with van der Waals surface area (Å²) in [6.45, 7) is 1.34. The van der Waals surface area contributed by atoms with Gasteiger partial charge in [0.1, 0.15) is 5.75 Å². The predicted octanol–water partition coefficient (Wildman–Crippen LogP) is 4.11. The fourth-order valence-electron chi connectivity index (χ4n) is 1.88. The SMILES string of the molecule is COCc1ccc(CNc2cc(OC)ccc2Cl)cc1. The minimum absolute atomic E-state index is 0.634. The molecule has 0 bridgehead atoms. The van der Waals surface area contributed by atoms with E-state index in [2.05, 4.69) is 29.6 Å². The molecule has 0 saturated carbocycles. The molecule has 0 unspecified atom stereocenters. The van der Waals surface area contributed by atoms with Crippen LogP contribution in [0.5, 0.6) is 5.75 Å². The maximum Gasteiger partial charge on any atom is 0.121 e. The maximum atomic E-state index is 6.15. The number of rotatable bonds is 6. The Labute approximate surface area is 124 Å². The highest BCUT2D eigenvalue weighted by molar-refractivity contribution is 6.33. The smallest absolute Gasteiger partial charge is 0.121 e. The largest absolute Gasteiger partial charge is 0.497 e. The molecule has 0 aromatic heterocycles. The van der Waals surface area contributed by atoms with E-state index in [1.165, 1.54) is 5.56 Å². The first kappa shape index (κ1) is 14.7. The fourth-order valence-corrected chi connectivity index (χ4v) is 2.07. The lowest BCUT2D eigenvalue weighted by molar-refractivity contribution is 0.185. The van der Waals surface area contributed by atoms with Gasteiger partial charge in [-0.05, 0) is 23.3 Å². The van der Waals surface area contributed by atoms with Crippen molar-refractivity contribution in [1.82, 2.24) is 0 Å². The molecule has 0 heterocycles. The van der Waals surface area contributed by atoms with Crippen molar-refractivity contribution in [2.75, 3.05) is 19.5 Å². The van der Waals surface area contributed by atoms with Gasteiger partial charge in [0.05, 0.1) is 24.4 Å². The van der Waals surface area contributed by atoms with E-state index in [4.69, 9.17) is 21.1 Å². The maximum absolute atomic E-state index is 6.15. The topological polar surface area (TPSA) is 30.5 Å². The van der Waals surface area contributed by atoms with Crippen LogP contribution in [0.3, 0.4) is 0 Å². The summed E-state index contributed by atoms with van der Waals surface area (Å²) in [5, 5.41) is 3.99. The van der Waals surface area contributed by atoms with E-state index in [1.807, 2.05) is 18.2 Å². The molecule has 1 N–H and O–H groups in total. The van der Waals surface area contributed by atoms with Gasteiger partial charge < -0.3 is 14.8 Å². The Morgan fingerprint density at radius 3 is 2.35 bits per heavy atom. The van der Waals surface area contributed by atoms with E-state index >= 15 is 0 Å². The molecule has 0 saturated heterocycles. The second-order valence-corrected chi connectivity index (χ2v) is 4.86. The second kappa shape index (κ2) is 7.17. The van der Waals surface area contributed by atoms with Crippen molar-refractivity contribution in [3.63, 3.8) is 0 Å². The molecular formula is C16H18ClNO2. The molecular weight excluding hydrogens is 274 g/mol. The van der Waals surface area contributed by atoms with Gasteiger partial charge in [-0.1, -0.05) is 35.9 Å². The van der Waals surface area contributed by atoms with Gasteiger partial charge in [-0.3, -0.25) is 0 Å². The van der Waals surface area contributed by atoms with Crippen molar-refractivity contribution in [2.24, 2.45) is 0 Å². The number of nitrogens with one attached hydrogen (secondary N) is 1. The highest BCUT2D eigenvalue weighted by Crippen LogP contribution is 2.27. The molecule has 20 heavy (non-hydrogen) atoms. The first-order valence-electron chi connectivity index (χ1n) is 6.37. The van der Waals surface area contributed by atoms with E-state index < -0.39 is 0 Å². The van der Waals surface area contributed by atoms with Crippen LogP contribution < -0.4 is 10.1 Å². The molecule has 0 fully saturated rings. The molecule has 3 nitrogen and oxygen atoms in total. The van der Waals surface area contributed by atoms with Crippen molar-refractivity contribution in [2.45, 2.75) is 13.2 Å². The summed E-state index contributed by atoms with van der Waals surface area (Å²) in [5.41, 5.74) is 3.21. The summed E-state index contributed by atoms with van der Waals surface area (Å²) in [5.74, 6) is 0.785. The van der Waals surface area contributed by atoms with E-state index in [-0.39, 0.29) is 0 Å². The average Bonchev–Trinajstić information content (AvgIpc) is 2.48. The summed E-state index contributed by atoms with van der Waals surface area (Å²) in [7, 11) is 3.34. The number of methoxy groups -OCH3 is 2.